The predicted molar refractivity (Wildman–Crippen MR) is 215 cm³/mol. The van der Waals surface area contributed by atoms with E-state index in [9.17, 15) is 0 Å². The van der Waals surface area contributed by atoms with Gasteiger partial charge in [0.1, 0.15) is 0 Å². The number of benzene rings is 6. The Morgan fingerprint density at radius 3 is 2.19 bits per heavy atom. The minimum atomic E-state index is -2.36. The summed E-state index contributed by atoms with van der Waals surface area (Å²) in [6.45, 7) is 4.29. The van der Waals surface area contributed by atoms with Crippen LogP contribution >= 0.6 is 0 Å². The monoisotopic (exact) mass is 881 g/mol. The number of aromatic nitrogens is 5. The van der Waals surface area contributed by atoms with Crippen LogP contribution in [0, 0.1) is 15.9 Å². The molecule has 0 spiro atoms. The molecule has 0 atom stereocenters. The SMILES string of the molecule is [2H]C([2H])([2H])n1[c](=[Pt])n(-c2[c-]c(Oc3[c-]c4c(cc3)c3cc5c6cccc7c8ccccc8n(c5cc3n4-c3cc(C(C)(C)C)ccn3)c76)ccc2)c2ccccc21. The van der Waals surface area contributed by atoms with Crippen molar-refractivity contribution in [3.63, 3.8) is 0 Å². The Bertz CT molecular complexity index is 3510. The molecule has 0 fully saturated rings. The van der Waals surface area contributed by atoms with Crippen molar-refractivity contribution >= 4 is 70.9 Å². The molecular formula is C47H33N5OPt-2. The van der Waals surface area contributed by atoms with Crippen molar-refractivity contribution in [1.29, 1.82) is 0 Å². The van der Waals surface area contributed by atoms with Gasteiger partial charge in [0.2, 0.25) is 0 Å². The molecule has 6 nitrogen and oxygen atoms in total. The summed E-state index contributed by atoms with van der Waals surface area (Å²) in [7, 11) is 0. The molecule has 0 aliphatic rings. The molecule has 7 heteroatoms. The maximum atomic E-state index is 8.24. The molecule has 11 rings (SSSR count). The molecule has 0 saturated heterocycles. The average molecular weight is 882 g/mol. The van der Waals surface area contributed by atoms with Gasteiger partial charge in [-0.15, -0.1) is 0 Å². The molecule has 264 valence electrons. The summed E-state index contributed by atoms with van der Waals surface area (Å²) in [5.41, 5.74) is 8.57. The van der Waals surface area contributed by atoms with E-state index in [1.807, 2.05) is 59.3 Å². The van der Waals surface area contributed by atoms with Crippen molar-refractivity contribution < 1.29 is 28.2 Å². The molecule has 6 aromatic carbocycles. The van der Waals surface area contributed by atoms with Gasteiger partial charge in [0.05, 0.1) is 16.6 Å². The zero-order valence-corrected chi connectivity index (χ0v) is 31.9. The summed E-state index contributed by atoms with van der Waals surface area (Å²) in [5.74, 6) is 1.80. The first-order valence-electron chi connectivity index (χ1n) is 19.4. The Labute approximate surface area is 326 Å². The second kappa shape index (κ2) is 11.3. The van der Waals surface area contributed by atoms with Gasteiger partial charge in [0.25, 0.3) is 0 Å². The van der Waals surface area contributed by atoms with E-state index in [0.717, 1.165) is 38.7 Å². The van der Waals surface area contributed by atoms with E-state index < -0.39 is 6.98 Å². The third-order valence-corrected chi connectivity index (χ3v) is 11.8. The quantitative estimate of drug-likeness (QED) is 0.165. The van der Waals surface area contributed by atoms with Crippen molar-refractivity contribution in [2.75, 3.05) is 0 Å². The van der Waals surface area contributed by atoms with Crippen LogP contribution in [0.5, 0.6) is 11.5 Å². The Kier molecular flexibility index (Phi) is 5.95. The zero-order chi connectivity index (χ0) is 39.0. The van der Waals surface area contributed by atoms with E-state index in [0.29, 0.717) is 26.5 Å². The minimum absolute atomic E-state index is 0.0838. The predicted octanol–water partition coefficient (Wildman–Crippen LogP) is 11.4. The number of hydrogen-bond donors (Lipinski definition) is 0. The first-order valence-corrected chi connectivity index (χ1v) is 19.0. The molecule has 0 unspecified atom stereocenters. The fraction of sp³-hybridized carbons (Fsp3) is 0.106. The van der Waals surface area contributed by atoms with E-state index in [4.69, 9.17) is 13.8 Å². The van der Waals surface area contributed by atoms with Crippen LogP contribution in [0.3, 0.4) is 0 Å². The molecule has 5 aromatic heterocycles. The summed E-state index contributed by atoms with van der Waals surface area (Å²) in [6, 6.07) is 48.4. The Hall–Kier alpha value is -5.97. The number of aryl methyl sites for hydroxylation is 1. The normalized spacial score (nSPS) is 13.6. The summed E-state index contributed by atoms with van der Waals surface area (Å²) in [4.78, 5) is 4.96. The van der Waals surface area contributed by atoms with Gasteiger partial charge in [-0.25, -0.2) is 0 Å². The van der Waals surface area contributed by atoms with Crippen LogP contribution in [0.15, 0.2) is 128 Å². The molecule has 11 aromatic rings. The molecule has 5 heterocycles. The molecule has 0 radical (unpaired) electrons. The number of rotatable bonds is 4. The first kappa shape index (κ1) is 28.5. The van der Waals surface area contributed by atoms with E-state index >= 15 is 0 Å². The van der Waals surface area contributed by atoms with Crippen molar-refractivity contribution in [3.8, 4) is 23.0 Å². The van der Waals surface area contributed by atoms with Gasteiger partial charge in [-0.2, -0.15) is 0 Å². The Morgan fingerprint density at radius 1 is 0.630 bits per heavy atom. The van der Waals surface area contributed by atoms with Crippen LogP contribution in [-0.4, -0.2) is 23.1 Å². The average Bonchev–Trinajstić information content (AvgIpc) is 3.90. The molecule has 0 aliphatic heterocycles. The third kappa shape index (κ3) is 4.44. The van der Waals surface area contributed by atoms with Crippen molar-refractivity contribution in [1.82, 2.24) is 23.1 Å². The van der Waals surface area contributed by atoms with Crippen LogP contribution in [0.25, 0.3) is 82.4 Å². The van der Waals surface area contributed by atoms with Gasteiger partial charge in [0.15, 0.2) is 0 Å². The summed E-state index contributed by atoms with van der Waals surface area (Å²) in [5, 5.41) is 7.06. The number of pyridine rings is 1. The van der Waals surface area contributed by atoms with Crippen LogP contribution in [0.4, 0.5) is 0 Å². The number of hydrogen-bond acceptors (Lipinski definition) is 2. The number of nitrogens with zero attached hydrogens (tertiary/aromatic N) is 5. The summed E-state index contributed by atoms with van der Waals surface area (Å²) >= 11 is 2.07. The van der Waals surface area contributed by atoms with Crippen molar-refractivity contribution in [2.24, 2.45) is 6.98 Å². The molecule has 54 heavy (non-hydrogen) atoms. The van der Waals surface area contributed by atoms with Crippen LogP contribution in [0.1, 0.15) is 30.4 Å². The van der Waals surface area contributed by atoms with E-state index in [2.05, 4.69) is 134 Å². The molecule has 0 N–H and O–H groups in total. The summed E-state index contributed by atoms with van der Waals surface area (Å²) < 4.78 is 39.7. The molecular weight excluding hydrogens is 846 g/mol. The fourth-order valence-corrected chi connectivity index (χ4v) is 9.06. The van der Waals surface area contributed by atoms with Crippen LogP contribution < -0.4 is 4.74 Å². The number of fused-ring (bicyclic) bond motifs is 10. The van der Waals surface area contributed by atoms with E-state index in [-0.39, 0.29) is 5.41 Å². The molecule has 0 saturated carbocycles. The summed E-state index contributed by atoms with van der Waals surface area (Å²) in [6.07, 6.45) is 1.89. The van der Waals surface area contributed by atoms with E-state index in [1.54, 1.807) is 0 Å². The second-order valence-corrected chi connectivity index (χ2v) is 15.9. The number of para-hydroxylation sites is 4. The maximum absolute atomic E-state index is 8.24. The van der Waals surface area contributed by atoms with Gasteiger partial charge in [-0.3, -0.25) is 0 Å². The van der Waals surface area contributed by atoms with Crippen LogP contribution in [-0.2, 0) is 31.7 Å². The van der Waals surface area contributed by atoms with Gasteiger partial charge in [-0.05, 0) is 23.1 Å². The standard InChI is InChI=1S/C47H33N5O.Pt/c1-47(2,3)29-21-22-48-45(23-29)51-42-25-32(53-31-12-9-11-30(24-31)50-28-49(4)40-17-7-8-18-41(40)50)19-20-34(42)37-26-38-36-15-10-14-35-33-13-5-6-16-39(33)52(46(35)36)44(38)27-43(37)51;/h5-23,26-27H,1-4H3;/q-2;/i4D3;. The van der Waals surface area contributed by atoms with Crippen LogP contribution in [0.2, 0.25) is 0 Å². The van der Waals surface area contributed by atoms with Gasteiger partial charge < -0.3 is 4.40 Å². The van der Waals surface area contributed by atoms with Gasteiger partial charge >= 0.3 is 198 Å². The number of ether oxygens (including phenoxy) is 1. The third-order valence-electron chi connectivity index (χ3n) is 10.8. The van der Waals surface area contributed by atoms with Crippen molar-refractivity contribution in [2.45, 2.75) is 26.2 Å². The van der Waals surface area contributed by atoms with E-state index in [1.165, 1.54) is 42.7 Å². The molecule has 0 aliphatic carbocycles. The first-order chi connectivity index (χ1) is 27.5. The second-order valence-electron chi connectivity index (χ2n) is 14.9. The van der Waals surface area contributed by atoms with Gasteiger partial charge in [0, 0.05) is 27.7 Å². The Balaban J connectivity index is 1.12. The van der Waals surface area contributed by atoms with Crippen molar-refractivity contribution in [3.05, 3.63) is 149 Å². The fourth-order valence-electron chi connectivity index (χ4n) is 8.24. The topological polar surface area (TPSA) is 41.3 Å². The molecule has 0 amide bonds. The zero-order valence-electron chi connectivity index (χ0n) is 32.6. The Morgan fingerprint density at radius 2 is 1.35 bits per heavy atom. The molecule has 0 bridgehead atoms. The van der Waals surface area contributed by atoms with Gasteiger partial charge in [-0.1, -0.05) is 57.2 Å². The number of imidazole rings is 1.